The van der Waals surface area contributed by atoms with E-state index < -0.39 is 0 Å². The number of carbonyl (C=O) groups excluding carboxylic acids is 1. The monoisotopic (exact) mass is 208 g/mol. The average molecular weight is 208 g/mol. The summed E-state index contributed by atoms with van der Waals surface area (Å²) in [6.45, 7) is 3.98. The summed E-state index contributed by atoms with van der Waals surface area (Å²) < 4.78 is 4.94. The van der Waals surface area contributed by atoms with Crippen molar-refractivity contribution in [1.82, 2.24) is 9.97 Å². The van der Waals surface area contributed by atoms with Gasteiger partial charge in [-0.25, -0.2) is 9.97 Å². The van der Waals surface area contributed by atoms with Gasteiger partial charge in [0.05, 0.1) is 7.11 Å². The molecule has 0 aliphatic heterocycles. The Morgan fingerprint density at radius 3 is 2.87 bits per heavy atom. The van der Waals surface area contributed by atoms with Crippen LogP contribution in [0.4, 0.5) is 0 Å². The standard InChI is InChI=1S/C11H16N2O2/c1-4-5-8(2)11(14)9-6-10(15-3)13-7-12-9/h6-8H,4-5H2,1-3H3. The summed E-state index contributed by atoms with van der Waals surface area (Å²) in [4.78, 5) is 19.7. The Kier molecular flexibility index (Phi) is 4.21. The molecule has 0 saturated heterocycles. The van der Waals surface area contributed by atoms with E-state index in [0.29, 0.717) is 11.6 Å². The van der Waals surface area contributed by atoms with Crippen molar-refractivity contribution >= 4 is 5.78 Å². The molecule has 0 aliphatic rings. The Bertz CT molecular complexity index is 339. The van der Waals surface area contributed by atoms with Crippen molar-refractivity contribution in [3.05, 3.63) is 18.1 Å². The van der Waals surface area contributed by atoms with Gasteiger partial charge >= 0.3 is 0 Å². The maximum absolute atomic E-state index is 11.9. The molecule has 0 radical (unpaired) electrons. The number of rotatable bonds is 5. The van der Waals surface area contributed by atoms with Gasteiger partial charge in [-0.1, -0.05) is 20.3 Å². The van der Waals surface area contributed by atoms with Gasteiger partial charge in [-0.15, -0.1) is 0 Å². The fraction of sp³-hybridized carbons (Fsp3) is 0.545. The van der Waals surface area contributed by atoms with E-state index in [2.05, 4.69) is 16.9 Å². The number of hydrogen-bond donors (Lipinski definition) is 0. The first-order chi connectivity index (χ1) is 7.19. The second-order valence-electron chi connectivity index (χ2n) is 3.50. The van der Waals surface area contributed by atoms with Crippen molar-refractivity contribution in [3.8, 4) is 5.88 Å². The van der Waals surface area contributed by atoms with E-state index >= 15 is 0 Å². The minimum absolute atomic E-state index is 0.00889. The van der Waals surface area contributed by atoms with Crippen LogP contribution in [0.1, 0.15) is 37.2 Å². The van der Waals surface area contributed by atoms with E-state index in [9.17, 15) is 4.79 Å². The molecule has 0 saturated carbocycles. The highest BCUT2D eigenvalue weighted by Crippen LogP contribution is 2.14. The van der Waals surface area contributed by atoms with Crippen LogP contribution < -0.4 is 4.74 Å². The Morgan fingerprint density at radius 2 is 2.27 bits per heavy atom. The summed E-state index contributed by atoms with van der Waals surface area (Å²) in [6.07, 6.45) is 3.23. The number of aromatic nitrogens is 2. The fourth-order valence-electron chi connectivity index (χ4n) is 1.40. The normalized spacial score (nSPS) is 12.2. The van der Waals surface area contributed by atoms with Crippen LogP contribution in [-0.4, -0.2) is 22.9 Å². The van der Waals surface area contributed by atoms with Gasteiger partial charge in [0.25, 0.3) is 0 Å². The third kappa shape index (κ3) is 3.01. The largest absolute Gasteiger partial charge is 0.481 e. The van der Waals surface area contributed by atoms with Crippen LogP contribution in [-0.2, 0) is 0 Å². The Morgan fingerprint density at radius 1 is 1.53 bits per heavy atom. The van der Waals surface area contributed by atoms with Crippen molar-refractivity contribution in [3.63, 3.8) is 0 Å². The van der Waals surface area contributed by atoms with Crippen molar-refractivity contribution in [2.24, 2.45) is 5.92 Å². The second-order valence-corrected chi connectivity index (χ2v) is 3.50. The molecule has 0 spiro atoms. The smallest absolute Gasteiger partial charge is 0.216 e. The summed E-state index contributed by atoms with van der Waals surface area (Å²) in [7, 11) is 1.52. The minimum atomic E-state index is 0.00889. The van der Waals surface area contributed by atoms with Gasteiger partial charge in [0, 0.05) is 12.0 Å². The molecule has 82 valence electrons. The third-order valence-electron chi connectivity index (χ3n) is 2.27. The fourth-order valence-corrected chi connectivity index (χ4v) is 1.40. The molecule has 1 aromatic heterocycles. The van der Waals surface area contributed by atoms with Crippen LogP contribution >= 0.6 is 0 Å². The first-order valence-electron chi connectivity index (χ1n) is 5.09. The predicted octanol–water partition coefficient (Wildman–Crippen LogP) is 2.10. The topological polar surface area (TPSA) is 52.1 Å². The van der Waals surface area contributed by atoms with E-state index in [1.54, 1.807) is 6.07 Å². The number of carbonyl (C=O) groups is 1. The lowest BCUT2D eigenvalue weighted by Crippen LogP contribution is -2.13. The van der Waals surface area contributed by atoms with E-state index in [-0.39, 0.29) is 11.7 Å². The molecule has 0 aliphatic carbocycles. The molecule has 4 nitrogen and oxygen atoms in total. The molecule has 1 aromatic rings. The molecule has 4 heteroatoms. The first-order valence-corrected chi connectivity index (χ1v) is 5.09. The van der Waals surface area contributed by atoms with Crippen molar-refractivity contribution in [2.75, 3.05) is 7.11 Å². The highest BCUT2D eigenvalue weighted by molar-refractivity contribution is 5.95. The molecule has 0 aromatic carbocycles. The lowest BCUT2D eigenvalue weighted by Gasteiger charge is -2.08. The van der Waals surface area contributed by atoms with E-state index in [1.807, 2.05) is 6.92 Å². The Hall–Kier alpha value is -1.45. The molecular weight excluding hydrogens is 192 g/mol. The second kappa shape index (κ2) is 5.44. The van der Waals surface area contributed by atoms with E-state index in [0.717, 1.165) is 12.8 Å². The molecule has 1 atom stereocenters. The van der Waals surface area contributed by atoms with E-state index in [1.165, 1.54) is 13.4 Å². The van der Waals surface area contributed by atoms with Gasteiger partial charge in [-0.05, 0) is 6.42 Å². The maximum Gasteiger partial charge on any atom is 0.216 e. The SMILES string of the molecule is CCCC(C)C(=O)c1cc(OC)ncn1. The Balaban J connectivity index is 2.81. The zero-order valence-electron chi connectivity index (χ0n) is 9.36. The van der Waals surface area contributed by atoms with E-state index in [4.69, 9.17) is 4.74 Å². The summed E-state index contributed by atoms with van der Waals surface area (Å²) in [6, 6.07) is 1.58. The molecule has 0 amide bonds. The predicted molar refractivity (Wildman–Crippen MR) is 57.0 cm³/mol. The molecular formula is C11H16N2O2. The number of ketones is 1. The number of nitrogens with zero attached hydrogens (tertiary/aromatic N) is 2. The molecule has 1 rings (SSSR count). The zero-order chi connectivity index (χ0) is 11.3. The highest BCUT2D eigenvalue weighted by atomic mass is 16.5. The first kappa shape index (κ1) is 11.6. The molecule has 0 N–H and O–H groups in total. The average Bonchev–Trinajstić information content (AvgIpc) is 2.28. The van der Waals surface area contributed by atoms with Gasteiger partial charge in [0.2, 0.25) is 5.88 Å². The highest BCUT2D eigenvalue weighted by Gasteiger charge is 2.16. The van der Waals surface area contributed by atoms with Gasteiger partial charge in [0.1, 0.15) is 12.0 Å². The summed E-state index contributed by atoms with van der Waals surface area (Å²) in [5, 5.41) is 0. The van der Waals surface area contributed by atoms with Crippen molar-refractivity contribution in [1.29, 1.82) is 0 Å². The summed E-state index contributed by atoms with van der Waals surface area (Å²) >= 11 is 0. The van der Waals surface area contributed by atoms with Crippen LogP contribution in [0.25, 0.3) is 0 Å². The van der Waals surface area contributed by atoms with Gasteiger partial charge < -0.3 is 4.74 Å². The molecule has 1 unspecified atom stereocenters. The van der Waals surface area contributed by atoms with Gasteiger partial charge in [0.15, 0.2) is 5.78 Å². The number of Topliss-reactive ketones (excluding diaryl/α,β-unsaturated/α-hetero) is 1. The van der Waals surface area contributed by atoms with Crippen molar-refractivity contribution in [2.45, 2.75) is 26.7 Å². The lowest BCUT2D eigenvalue weighted by atomic mass is 9.99. The number of ether oxygens (including phenoxy) is 1. The number of hydrogen-bond acceptors (Lipinski definition) is 4. The van der Waals surface area contributed by atoms with Crippen LogP contribution in [0.2, 0.25) is 0 Å². The van der Waals surface area contributed by atoms with Gasteiger partial charge in [-0.2, -0.15) is 0 Å². The van der Waals surface area contributed by atoms with Gasteiger partial charge in [-0.3, -0.25) is 4.79 Å². The molecule has 0 bridgehead atoms. The van der Waals surface area contributed by atoms with Crippen LogP contribution in [0.15, 0.2) is 12.4 Å². The molecule has 0 fully saturated rings. The summed E-state index contributed by atoms with van der Waals surface area (Å²) in [5.74, 6) is 0.490. The van der Waals surface area contributed by atoms with Crippen LogP contribution in [0.3, 0.4) is 0 Å². The number of methoxy groups -OCH3 is 1. The summed E-state index contributed by atoms with van der Waals surface area (Å²) in [5.41, 5.74) is 0.433. The van der Waals surface area contributed by atoms with Crippen LogP contribution in [0, 0.1) is 5.92 Å². The van der Waals surface area contributed by atoms with Crippen molar-refractivity contribution < 1.29 is 9.53 Å². The quantitative estimate of drug-likeness (QED) is 0.695. The van der Waals surface area contributed by atoms with Crippen LogP contribution in [0.5, 0.6) is 5.88 Å². The molecule has 1 heterocycles. The Labute approximate surface area is 89.7 Å². The zero-order valence-corrected chi connectivity index (χ0v) is 9.36. The third-order valence-corrected chi connectivity index (χ3v) is 2.27. The maximum atomic E-state index is 11.9. The molecule has 15 heavy (non-hydrogen) atoms. The minimum Gasteiger partial charge on any atom is -0.481 e. The lowest BCUT2D eigenvalue weighted by molar-refractivity contribution is 0.0918.